The summed E-state index contributed by atoms with van der Waals surface area (Å²) < 4.78 is 4.37. The largest absolute Gasteiger partial charge is 0.507 e. The lowest BCUT2D eigenvalue weighted by Crippen LogP contribution is -2.22. The molecule has 0 spiro atoms. The van der Waals surface area contributed by atoms with Gasteiger partial charge in [0.25, 0.3) is 0 Å². The van der Waals surface area contributed by atoms with E-state index in [-0.39, 0.29) is 23.3 Å². The van der Waals surface area contributed by atoms with Crippen molar-refractivity contribution in [2.24, 2.45) is 0 Å². The monoisotopic (exact) mass is 251 g/mol. The fourth-order valence-corrected chi connectivity index (χ4v) is 1.42. The number of aromatic hydroxyl groups is 1. The van der Waals surface area contributed by atoms with Crippen LogP contribution < -0.4 is 0 Å². The van der Waals surface area contributed by atoms with Crippen molar-refractivity contribution < 1.29 is 24.9 Å². The minimum atomic E-state index is -1.34. The van der Waals surface area contributed by atoms with E-state index in [0.717, 1.165) is 0 Å². The maximum absolute atomic E-state index is 10.9. The summed E-state index contributed by atoms with van der Waals surface area (Å²) >= 11 is 0. The second-order valence-electron chi connectivity index (χ2n) is 3.68. The Bertz CT molecular complexity index is 480. The van der Waals surface area contributed by atoms with Gasteiger partial charge in [0, 0.05) is 0 Å². The molecule has 0 fully saturated rings. The van der Waals surface area contributed by atoms with Gasteiger partial charge in [-0.25, -0.2) is 0 Å². The Balaban J connectivity index is 2.87. The number of aliphatic hydroxyl groups is 2. The van der Waals surface area contributed by atoms with Gasteiger partial charge in [0.2, 0.25) is 0 Å². The van der Waals surface area contributed by atoms with Crippen molar-refractivity contribution in [3.05, 3.63) is 29.3 Å². The van der Waals surface area contributed by atoms with Crippen LogP contribution in [0.5, 0.6) is 5.75 Å². The second-order valence-corrected chi connectivity index (χ2v) is 3.68. The highest BCUT2D eigenvalue weighted by atomic mass is 16.5. The number of phenolic OH excluding ortho intramolecular Hbond substituents is 1. The Morgan fingerprint density at radius 1 is 1.50 bits per heavy atom. The number of methoxy groups -OCH3 is 1. The maximum atomic E-state index is 10.9. The Labute approximate surface area is 104 Å². The number of esters is 1. The van der Waals surface area contributed by atoms with E-state index in [4.69, 9.17) is 5.26 Å². The standard InChI is InChI=1S/C12H13NO5/c1-18-11(16)5-10(15)12(17)7-2-3-9(14)8(4-7)6-13/h2-4,10,12,14-15,17H,5H2,1H3. The van der Waals surface area contributed by atoms with E-state index in [0.29, 0.717) is 0 Å². The molecule has 0 aliphatic rings. The molecular formula is C12H13NO5. The second kappa shape index (κ2) is 6.00. The molecule has 0 saturated carbocycles. The van der Waals surface area contributed by atoms with Crippen LogP contribution in [0.4, 0.5) is 0 Å². The quantitative estimate of drug-likeness (QED) is 0.660. The molecule has 1 aromatic carbocycles. The third kappa shape index (κ3) is 3.20. The van der Waals surface area contributed by atoms with Crippen molar-refractivity contribution in [1.29, 1.82) is 5.26 Å². The summed E-state index contributed by atoms with van der Waals surface area (Å²) in [5.74, 6) is -0.864. The Hall–Kier alpha value is -2.10. The van der Waals surface area contributed by atoms with E-state index in [9.17, 15) is 20.1 Å². The molecular weight excluding hydrogens is 238 g/mol. The third-order valence-electron chi connectivity index (χ3n) is 2.45. The van der Waals surface area contributed by atoms with Gasteiger partial charge in [0.15, 0.2) is 0 Å². The zero-order chi connectivity index (χ0) is 13.7. The van der Waals surface area contributed by atoms with Crippen molar-refractivity contribution in [3.8, 4) is 11.8 Å². The first kappa shape index (κ1) is 14.0. The van der Waals surface area contributed by atoms with Crippen LogP contribution in [0.15, 0.2) is 18.2 Å². The summed E-state index contributed by atoms with van der Waals surface area (Å²) in [6, 6.07) is 5.60. The van der Waals surface area contributed by atoms with Crippen molar-refractivity contribution in [2.45, 2.75) is 18.6 Å². The number of ether oxygens (including phenoxy) is 1. The van der Waals surface area contributed by atoms with Crippen molar-refractivity contribution in [2.75, 3.05) is 7.11 Å². The number of rotatable bonds is 4. The van der Waals surface area contributed by atoms with E-state index < -0.39 is 18.2 Å². The van der Waals surface area contributed by atoms with Gasteiger partial charge in [-0.05, 0) is 17.7 Å². The number of benzene rings is 1. The van der Waals surface area contributed by atoms with Gasteiger partial charge >= 0.3 is 5.97 Å². The van der Waals surface area contributed by atoms with Crippen LogP contribution in [0.25, 0.3) is 0 Å². The van der Waals surface area contributed by atoms with Crippen LogP contribution in [-0.2, 0) is 9.53 Å². The predicted octanol–water partition coefficient (Wildman–Crippen LogP) is 0.221. The van der Waals surface area contributed by atoms with Gasteiger partial charge in [-0.1, -0.05) is 6.07 Å². The van der Waals surface area contributed by atoms with Gasteiger partial charge in [-0.15, -0.1) is 0 Å². The third-order valence-corrected chi connectivity index (χ3v) is 2.45. The van der Waals surface area contributed by atoms with E-state index in [1.165, 1.54) is 25.3 Å². The number of carbonyl (C=O) groups is 1. The summed E-state index contributed by atoms with van der Waals surface area (Å²) in [5.41, 5.74) is 0.220. The number of phenols is 1. The average Bonchev–Trinajstić information content (AvgIpc) is 2.38. The Morgan fingerprint density at radius 3 is 2.72 bits per heavy atom. The van der Waals surface area contributed by atoms with Gasteiger partial charge in [-0.3, -0.25) is 4.79 Å². The molecule has 1 aromatic rings. The fourth-order valence-electron chi connectivity index (χ4n) is 1.42. The molecule has 3 N–H and O–H groups in total. The predicted molar refractivity (Wildman–Crippen MR) is 60.4 cm³/mol. The van der Waals surface area contributed by atoms with E-state index >= 15 is 0 Å². The molecule has 0 amide bonds. The topological polar surface area (TPSA) is 111 Å². The van der Waals surface area contributed by atoms with Gasteiger partial charge in [0.05, 0.1) is 25.2 Å². The van der Waals surface area contributed by atoms with Gasteiger partial charge in [0.1, 0.15) is 17.9 Å². The number of carbonyl (C=O) groups excluding carboxylic acids is 1. The molecule has 2 atom stereocenters. The molecule has 0 bridgehead atoms. The lowest BCUT2D eigenvalue weighted by Gasteiger charge is -2.17. The normalized spacial score (nSPS) is 13.4. The Morgan fingerprint density at radius 2 is 2.17 bits per heavy atom. The molecule has 96 valence electrons. The summed E-state index contributed by atoms with van der Waals surface area (Å²) in [5, 5.41) is 37.4. The first-order chi connectivity index (χ1) is 8.49. The van der Waals surface area contributed by atoms with Crippen LogP contribution in [0, 0.1) is 11.3 Å². The van der Waals surface area contributed by atoms with Crippen LogP contribution in [0.1, 0.15) is 23.7 Å². The number of hydrogen-bond acceptors (Lipinski definition) is 6. The minimum absolute atomic E-state index is 0.0168. The minimum Gasteiger partial charge on any atom is -0.507 e. The van der Waals surface area contributed by atoms with Crippen LogP contribution in [0.3, 0.4) is 0 Å². The summed E-state index contributed by atoms with van der Waals surface area (Å²) in [6.07, 6.45) is -3.04. The summed E-state index contributed by atoms with van der Waals surface area (Å²) in [6.45, 7) is 0. The van der Waals surface area contributed by atoms with Crippen molar-refractivity contribution in [3.63, 3.8) is 0 Å². The molecule has 0 heterocycles. The highest BCUT2D eigenvalue weighted by Gasteiger charge is 2.22. The zero-order valence-electron chi connectivity index (χ0n) is 9.70. The average molecular weight is 251 g/mol. The maximum Gasteiger partial charge on any atom is 0.308 e. The van der Waals surface area contributed by atoms with Crippen molar-refractivity contribution in [1.82, 2.24) is 0 Å². The highest BCUT2D eigenvalue weighted by Crippen LogP contribution is 2.24. The van der Waals surface area contributed by atoms with Crippen LogP contribution in [0.2, 0.25) is 0 Å². The molecule has 6 heteroatoms. The number of hydrogen-bond donors (Lipinski definition) is 3. The van der Waals surface area contributed by atoms with Crippen molar-refractivity contribution >= 4 is 5.97 Å². The van der Waals surface area contributed by atoms with Gasteiger partial charge < -0.3 is 20.1 Å². The number of nitriles is 1. The number of aliphatic hydroxyl groups excluding tert-OH is 2. The first-order valence-electron chi connectivity index (χ1n) is 5.15. The molecule has 0 radical (unpaired) electrons. The highest BCUT2D eigenvalue weighted by molar-refractivity contribution is 5.69. The lowest BCUT2D eigenvalue weighted by atomic mass is 10.00. The molecule has 1 rings (SSSR count). The fraction of sp³-hybridized carbons (Fsp3) is 0.333. The first-order valence-corrected chi connectivity index (χ1v) is 5.15. The Kier molecular flexibility index (Phi) is 4.66. The summed E-state index contributed by atoms with van der Waals surface area (Å²) in [7, 11) is 1.18. The van der Waals surface area contributed by atoms with E-state index in [1.807, 2.05) is 0 Å². The van der Waals surface area contributed by atoms with Crippen LogP contribution >= 0.6 is 0 Å². The lowest BCUT2D eigenvalue weighted by molar-refractivity contribution is -0.144. The molecule has 18 heavy (non-hydrogen) atoms. The van der Waals surface area contributed by atoms with E-state index in [1.54, 1.807) is 6.07 Å². The molecule has 0 aromatic heterocycles. The molecule has 6 nitrogen and oxygen atoms in total. The molecule has 0 aliphatic carbocycles. The zero-order valence-corrected chi connectivity index (χ0v) is 9.70. The smallest absolute Gasteiger partial charge is 0.308 e. The molecule has 2 unspecified atom stereocenters. The van der Waals surface area contributed by atoms with Crippen LogP contribution in [-0.4, -0.2) is 34.5 Å². The van der Waals surface area contributed by atoms with E-state index in [2.05, 4.69) is 4.74 Å². The van der Waals surface area contributed by atoms with Gasteiger partial charge in [-0.2, -0.15) is 5.26 Å². The SMILES string of the molecule is COC(=O)CC(O)C(O)c1ccc(O)c(C#N)c1. The summed E-state index contributed by atoms with van der Waals surface area (Å²) in [4.78, 5) is 10.9. The molecule has 0 saturated heterocycles. The number of nitrogens with zero attached hydrogens (tertiary/aromatic N) is 1. The molecule has 0 aliphatic heterocycles.